The molecular weight excluding hydrogens is 168 g/mol. The quantitative estimate of drug-likeness (QED) is 0.505. The van der Waals surface area contributed by atoms with Crippen LogP contribution < -0.4 is 5.32 Å². The normalized spacial score (nSPS) is 10.9. The van der Waals surface area contributed by atoms with Crippen molar-refractivity contribution >= 4 is 11.7 Å². The van der Waals surface area contributed by atoms with Crippen LogP contribution in [0.25, 0.3) is 0 Å². The first kappa shape index (κ1) is 11.4. The third kappa shape index (κ3) is 3.52. The van der Waals surface area contributed by atoms with Gasteiger partial charge in [-0.05, 0) is 19.9 Å². The molecule has 1 amide bonds. The Balaban J connectivity index is 4.63. The number of nitriles is 1. The Bertz CT molecular complexity index is 282. The lowest BCUT2D eigenvalue weighted by Crippen LogP contribution is -2.31. The van der Waals surface area contributed by atoms with E-state index in [2.05, 4.69) is 5.32 Å². The third-order valence-corrected chi connectivity index (χ3v) is 1.35. The van der Waals surface area contributed by atoms with Crippen molar-refractivity contribution in [2.45, 2.75) is 13.8 Å². The predicted molar refractivity (Wildman–Crippen MR) is 47.6 cm³/mol. The molecule has 0 radical (unpaired) electrons. The Morgan fingerprint density at radius 2 is 2.00 bits per heavy atom. The minimum atomic E-state index is -1.22. The van der Waals surface area contributed by atoms with Crippen molar-refractivity contribution in [2.75, 3.05) is 7.05 Å². The summed E-state index contributed by atoms with van der Waals surface area (Å²) in [6, 6.07) is 1.65. The van der Waals surface area contributed by atoms with E-state index in [1.165, 1.54) is 13.1 Å². The standard InChI is InChI=1S/C9H12N2O2/c1-6(2)4-8(12)7(5-10)9(13)11-3/h4,7H,1-3H3,(H,11,13). The van der Waals surface area contributed by atoms with Crippen molar-refractivity contribution in [1.29, 1.82) is 5.26 Å². The molecule has 1 N–H and O–H groups in total. The molecule has 0 bridgehead atoms. The maximum Gasteiger partial charge on any atom is 0.245 e. The Morgan fingerprint density at radius 1 is 1.46 bits per heavy atom. The van der Waals surface area contributed by atoms with E-state index in [-0.39, 0.29) is 0 Å². The highest BCUT2D eigenvalue weighted by Crippen LogP contribution is 2.01. The highest BCUT2D eigenvalue weighted by atomic mass is 16.2. The number of nitrogens with one attached hydrogen (secondary N) is 1. The molecule has 70 valence electrons. The highest BCUT2D eigenvalue weighted by molar-refractivity contribution is 6.09. The summed E-state index contributed by atoms with van der Waals surface area (Å²) in [6.07, 6.45) is 1.29. The minimum Gasteiger partial charge on any atom is -0.358 e. The van der Waals surface area contributed by atoms with Gasteiger partial charge in [0.15, 0.2) is 11.7 Å². The lowest BCUT2D eigenvalue weighted by molar-refractivity contribution is -0.129. The molecule has 0 rings (SSSR count). The fraction of sp³-hybridized carbons (Fsp3) is 0.444. The summed E-state index contributed by atoms with van der Waals surface area (Å²) in [4.78, 5) is 22.2. The molecule has 1 atom stereocenters. The Labute approximate surface area is 77.2 Å². The van der Waals surface area contributed by atoms with E-state index in [1.807, 2.05) is 0 Å². The van der Waals surface area contributed by atoms with Crippen molar-refractivity contribution in [3.05, 3.63) is 11.6 Å². The lowest BCUT2D eigenvalue weighted by atomic mass is 10.0. The number of carbonyl (C=O) groups is 2. The second kappa shape index (κ2) is 5.09. The zero-order valence-electron chi connectivity index (χ0n) is 7.92. The highest BCUT2D eigenvalue weighted by Gasteiger charge is 2.22. The van der Waals surface area contributed by atoms with Gasteiger partial charge in [0.25, 0.3) is 0 Å². The molecule has 0 fully saturated rings. The molecule has 1 unspecified atom stereocenters. The first-order valence-corrected chi connectivity index (χ1v) is 3.83. The molecule has 0 aromatic rings. The van der Waals surface area contributed by atoms with Crippen LogP contribution in [0.2, 0.25) is 0 Å². The monoisotopic (exact) mass is 180 g/mol. The van der Waals surface area contributed by atoms with Gasteiger partial charge in [0.05, 0.1) is 6.07 Å². The molecular formula is C9H12N2O2. The van der Waals surface area contributed by atoms with Crippen LogP contribution in [0.1, 0.15) is 13.8 Å². The molecule has 13 heavy (non-hydrogen) atoms. The maximum absolute atomic E-state index is 11.2. The number of ketones is 1. The maximum atomic E-state index is 11.2. The zero-order chi connectivity index (χ0) is 10.4. The number of amides is 1. The van der Waals surface area contributed by atoms with E-state index in [1.54, 1.807) is 19.9 Å². The van der Waals surface area contributed by atoms with E-state index < -0.39 is 17.6 Å². The first-order valence-electron chi connectivity index (χ1n) is 3.83. The molecule has 4 nitrogen and oxygen atoms in total. The number of nitrogens with zero attached hydrogens (tertiary/aromatic N) is 1. The first-order chi connectivity index (χ1) is 6.02. The van der Waals surface area contributed by atoms with E-state index in [0.29, 0.717) is 0 Å². The van der Waals surface area contributed by atoms with E-state index in [9.17, 15) is 9.59 Å². The van der Waals surface area contributed by atoms with Crippen LogP contribution in [0.3, 0.4) is 0 Å². The fourth-order valence-corrected chi connectivity index (χ4v) is 0.764. The van der Waals surface area contributed by atoms with Gasteiger partial charge >= 0.3 is 0 Å². The van der Waals surface area contributed by atoms with Crippen molar-refractivity contribution in [3.63, 3.8) is 0 Å². The number of carbonyl (C=O) groups excluding carboxylic acids is 2. The second-order valence-corrected chi connectivity index (χ2v) is 2.80. The lowest BCUT2D eigenvalue weighted by Gasteiger charge is -2.02. The topological polar surface area (TPSA) is 70.0 Å². The fourth-order valence-electron chi connectivity index (χ4n) is 0.764. The summed E-state index contributed by atoms with van der Waals surface area (Å²) >= 11 is 0. The van der Waals surface area contributed by atoms with Gasteiger partial charge in [-0.1, -0.05) is 5.57 Å². The molecule has 0 aromatic carbocycles. The SMILES string of the molecule is CNC(=O)C(C#N)C(=O)C=C(C)C. The van der Waals surface area contributed by atoms with Crippen LogP contribution >= 0.6 is 0 Å². The minimum absolute atomic E-state index is 0.471. The van der Waals surface area contributed by atoms with Crippen LogP contribution in [-0.2, 0) is 9.59 Å². The summed E-state index contributed by atoms with van der Waals surface area (Å²) in [7, 11) is 1.39. The smallest absolute Gasteiger partial charge is 0.245 e. The summed E-state index contributed by atoms with van der Waals surface area (Å²) in [5.74, 6) is -2.26. The molecule has 0 saturated carbocycles. The largest absolute Gasteiger partial charge is 0.358 e. The Kier molecular flexibility index (Phi) is 4.45. The van der Waals surface area contributed by atoms with Gasteiger partial charge in [0.1, 0.15) is 0 Å². The van der Waals surface area contributed by atoms with Gasteiger partial charge in [-0.25, -0.2) is 0 Å². The number of hydrogen-bond acceptors (Lipinski definition) is 3. The van der Waals surface area contributed by atoms with Crippen molar-refractivity contribution < 1.29 is 9.59 Å². The van der Waals surface area contributed by atoms with E-state index in [4.69, 9.17) is 5.26 Å². The molecule has 0 aliphatic carbocycles. The van der Waals surface area contributed by atoms with Crippen LogP contribution in [0.5, 0.6) is 0 Å². The van der Waals surface area contributed by atoms with Gasteiger partial charge in [0.2, 0.25) is 5.91 Å². The van der Waals surface area contributed by atoms with Crippen molar-refractivity contribution in [2.24, 2.45) is 5.92 Å². The molecule has 0 aliphatic rings. The van der Waals surface area contributed by atoms with Crippen LogP contribution in [-0.4, -0.2) is 18.7 Å². The van der Waals surface area contributed by atoms with Gasteiger partial charge in [-0.3, -0.25) is 9.59 Å². The molecule has 0 spiro atoms. The van der Waals surface area contributed by atoms with E-state index >= 15 is 0 Å². The van der Waals surface area contributed by atoms with Crippen molar-refractivity contribution in [1.82, 2.24) is 5.32 Å². The van der Waals surface area contributed by atoms with E-state index in [0.717, 1.165) is 5.57 Å². The summed E-state index contributed by atoms with van der Waals surface area (Å²) in [5, 5.41) is 10.8. The molecule has 0 heterocycles. The second-order valence-electron chi connectivity index (χ2n) is 2.80. The number of hydrogen-bond donors (Lipinski definition) is 1. The molecule has 0 saturated heterocycles. The average molecular weight is 180 g/mol. The van der Waals surface area contributed by atoms with Crippen molar-refractivity contribution in [3.8, 4) is 6.07 Å². The van der Waals surface area contributed by atoms with Gasteiger partial charge < -0.3 is 5.32 Å². The summed E-state index contributed by atoms with van der Waals surface area (Å²) in [5.41, 5.74) is 0.772. The number of rotatable bonds is 3. The average Bonchev–Trinajstić information content (AvgIpc) is 2.03. The zero-order valence-corrected chi connectivity index (χ0v) is 7.92. The molecule has 0 aliphatic heterocycles. The van der Waals surface area contributed by atoms with Crippen LogP contribution in [0.4, 0.5) is 0 Å². The van der Waals surface area contributed by atoms with Gasteiger partial charge in [-0.2, -0.15) is 5.26 Å². The summed E-state index contributed by atoms with van der Waals surface area (Å²) in [6.45, 7) is 3.46. The van der Waals surface area contributed by atoms with Gasteiger partial charge in [-0.15, -0.1) is 0 Å². The third-order valence-electron chi connectivity index (χ3n) is 1.35. The number of allylic oxidation sites excluding steroid dienone is 2. The Morgan fingerprint density at radius 3 is 2.31 bits per heavy atom. The Hall–Kier alpha value is -1.63. The van der Waals surface area contributed by atoms with Crippen LogP contribution in [0, 0.1) is 17.2 Å². The predicted octanol–water partition coefficient (Wildman–Crippen LogP) is 0.407. The van der Waals surface area contributed by atoms with Gasteiger partial charge in [0, 0.05) is 7.05 Å². The molecule has 4 heteroatoms. The van der Waals surface area contributed by atoms with Crippen LogP contribution in [0.15, 0.2) is 11.6 Å². The summed E-state index contributed by atoms with van der Waals surface area (Å²) < 4.78 is 0. The molecule has 0 aromatic heterocycles.